The second kappa shape index (κ2) is 13.5. The predicted octanol–water partition coefficient (Wildman–Crippen LogP) is 3.83. The summed E-state index contributed by atoms with van der Waals surface area (Å²) >= 11 is 0. The molecule has 34 heavy (non-hydrogen) atoms. The van der Waals surface area contributed by atoms with E-state index in [9.17, 15) is 4.79 Å². The number of fused-ring (bicyclic) bond motifs is 1. The molecule has 4 rings (SSSR count). The zero-order chi connectivity index (χ0) is 22.9. The SMILES string of the molecule is CN=C(NCCCC(=O)N1Cc2ccccc2C1)N1CCN(C/C=C/c2ccccc2)CC1.I. The Balaban J connectivity index is 0.00000324. The summed E-state index contributed by atoms with van der Waals surface area (Å²) in [4.78, 5) is 23.8. The monoisotopic (exact) mass is 573 g/mol. The van der Waals surface area contributed by atoms with Gasteiger partial charge in [-0.3, -0.25) is 14.7 Å². The van der Waals surface area contributed by atoms with Gasteiger partial charge in [0.2, 0.25) is 5.91 Å². The summed E-state index contributed by atoms with van der Waals surface area (Å²) in [6, 6.07) is 18.8. The quantitative estimate of drug-likeness (QED) is 0.237. The minimum absolute atomic E-state index is 0. The highest BCUT2D eigenvalue weighted by molar-refractivity contribution is 14.0. The lowest BCUT2D eigenvalue weighted by molar-refractivity contribution is -0.131. The van der Waals surface area contributed by atoms with Crippen molar-refractivity contribution < 1.29 is 4.79 Å². The second-order valence-corrected chi connectivity index (χ2v) is 8.70. The molecule has 182 valence electrons. The fraction of sp³-hybridized carbons (Fsp3) is 0.407. The topological polar surface area (TPSA) is 51.2 Å². The van der Waals surface area contributed by atoms with E-state index in [0.717, 1.165) is 64.7 Å². The molecule has 2 aromatic rings. The van der Waals surface area contributed by atoms with E-state index in [1.165, 1.54) is 16.7 Å². The zero-order valence-electron chi connectivity index (χ0n) is 20.0. The van der Waals surface area contributed by atoms with Crippen LogP contribution < -0.4 is 5.32 Å². The van der Waals surface area contributed by atoms with E-state index in [0.29, 0.717) is 6.42 Å². The molecule has 7 heteroatoms. The minimum atomic E-state index is 0. The molecule has 6 nitrogen and oxygen atoms in total. The Bertz CT molecular complexity index is 945. The Kier molecular flexibility index (Phi) is 10.4. The fourth-order valence-corrected chi connectivity index (χ4v) is 4.48. The number of halogens is 1. The number of guanidine groups is 1. The summed E-state index contributed by atoms with van der Waals surface area (Å²) in [5.41, 5.74) is 3.80. The lowest BCUT2D eigenvalue weighted by Gasteiger charge is -2.36. The number of piperazine rings is 1. The van der Waals surface area contributed by atoms with Gasteiger partial charge in [0.05, 0.1) is 0 Å². The normalized spacial score (nSPS) is 16.4. The van der Waals surface area contributed by atoms with Crippen LogP contribution in [0, 0.1) is 0 Å². The van der Waals surface area contributed by atoms with E-state index in [1.54, 1.807) is 0 Å². The van der Waals surface area contributed by atoms with Crippen molar-refractivity contribution in [2.45, 2.75) is 25.9 Å². The van der Waals surface area contributed by atoms with Gasteiger partial charge in [-0.25, -0.2) is 0 Å². The van der Waals surface area contributed by atoms with Crippen LogP contribution in [0.25, 0.3) is 6.08 Å². The summed E-state index contributed by atoms with van der Waals surface area (Å²) in [5.74, 6) is 1.18. The Morgan fingerprint density at radius 2 is 1.59 bits per heavy atom. The molecule has 2 aliphatic heterocycles. The molecule has 0 spiro atoms. The van der Waals surface area contributed by atoms with Gasteiger partial charge in [0.1, 0.15) is 0 Å². The summed E-state index contributed by atoms with van der Waals surface area (Å²) in [6.07, 6.45) is 5.82. The Morgan fingerprint density at radius 3 is 2.24 bits per heavy atom. The number of carbonyl (C=O) groups is 1. The lowest BCUT2D eigenvalue weighted by atomic mass is 10.1. The van der Waals surface area contributed by atoms with Crippen LogP contribution in [0.3, 0.4) is 0 Å². The number of hydrogen-bond donors (Lipinski definition) is 1. The molecule has 0 radical (unpaired) electrons. The van der Waals surface area contributed by atoms with Crippen molar-refractivity contribution in [2.24, 2.45) is 4.99 Å². The molecule has 1 fully saturated rings. The number of nitrogens with one attached hydrogen (secondary N) is 1. The Morgan fingerprint density at radius 1 is 0.941 bits per heavy atom. The predicted molar refractivity (Wildman–Crippen MR) is 150 cm³/mol. The van der Waals surface area contributed by atoms with Gasteiger partial charge in [-0.05, 0) is 23.1 Å². The van der Waals surface area contributed by atoms with Crippen molar-refractivity contribution >= 4 is 41.9 Å². The maximum absolute atomic E-state index is 12.6. The molecule has 0 atom stereocenters. The molecule has 1 saturated heterocycles. The van der Waals surface area contributed by atoms with Crippen LogP contribution in [0.4, 0.5) is 0 Å². The van der Waals surface area contributed by atoms with Crippen LogP contribution in [0.1, 0.15) is 29.5 Å². The summed E-state index contributed by atoms with van der Waals surface area (Å²) < 4.78 is 0. The highest BCUT2D eigenvalue weighted by atomic mass is 127. The number of nitrogens with zero attached hydrogens (tertiary/aromatic N) is 4. The Hall–Kier alpha value is -2.39. The molecule has 0 aliphatic carbocycles. The van der Waals surface area contributed by atoms with E-state index in [2.05, 4.69) is 68.7 Å². The van der Waals surface area contributed by atoms with E-state index >= 15 is 0 Å². The van der Waals surface area contributed by atoms with E-state index < -0.39 is 0 Å². The fourth-order valence-electron chi connectivity index (χ4n) is 4.48. The van der Waals surface area contributed by atoms with Crippen LogP contribution in [0.5, 0.6) is 0 Å². The van der Waals surface area contributed by atoms with Crippen molar-refractivity contribution in [3.8, 4) is 0 Å². The first-order chi connectivity index (χ1) is 16.2. The minimum Gasteiger partial charge on any atom is -0.356 e. The van der Waals surface area contributed by atoms with Gasteiger partial charge in [-0.1, -0.05) is 66.7 Å². The molecule has 0 unspecified atom stereocenters. The van der Waals surface area contributed by atoms with Gasteiger partial charge in [-0.2, -0.15) is 0 Å². The average molecular weight is 574 g/mol. The molecule has 2 aliphatic rings. The van der Waals surface area contributed by atoms with Crippen LogP contribution in [0.15, 0.2) is 65.7 Å². The van der Waals surface area contributed by atoms with E-state index in [-0.39, 0.29) is 29.9 Å². The first kappa shape index (κ1) is 26.2. The number of carbonyl (C=O) groups excluding carboxylic acids is 1. The van der Waals surface area contributed by atoms with Crippen LogP contribution in [0.2, 0.25) is 0 Å². The number of benzene rings is 2. The second-order valence-electron chi connectivity index (χ2n) is 8.70. The van der Waals surface area contributed by atoms with Gasteiger partial charge in [-0.15, -0.1) is 24.0 Å². The summed E-state index contributed by atoms with van der Waals surface area (Å²) in [6.45, 7) is 7.19. The van der Waals surface area contributed by atoms with Crippen molar-refractivity contribution in [2.75, 3.05) is 46.3 Å². The first-order valence-electron chi connectivity index (χ1n) is 12.0. The number of hydrogen-bond acceptors (Lipinski definition) is 3. The molecule has 1 N–H and O–H groups in total. The van der Waals surface area contributed by atoms with Gasteiger partial charge in [0.15, 0.2) is 5.96 Å². The number of aliphatic imine (C=N–C) groups is 1. The molecule has 1 amide bonds. The van der Waals surface area contributed by atoms with Gasteiger partial charge < -0.3 is 15.1 Å². The van der Waals surface area contributed by atoms with Crippen molar-refractivity contribution in [1.82, 2.24) is 20.0 Å². The van der Waals surface area contributed by atoms with Crippen LogP contribution >= 0.6 is 24.0 Å². The molecule has 0 bridgehead atoms. The summed E-state index contributed by atoms with van der Waals surface area (Å²) in [7, 11) is 1.84. The summed E-state index contributed by atoms with van der Waals surface area (Å²) in [5, 5.41) is 3.45. The van der Waals surface area contributed by atoms with Gasteiger partial charge >= 0.3 is 0 Å². The third-order valence-electron chi connectivity index (χ3n) is 6.40. The van der Waals surface area contributed by atoms with Gasteiger partial charge in [0.25, 0.3) is 0 Å². The first-order valence-corrected chi connectivity index (χ1v) is 12.0. The molecular formula is C27H36IN5O. The van der Waals surface area contributed by atoms with Gasteiger partial charge in [0, 0.05) is 65.8 Å². The molecule has 2 aromatic carbocycles. The van der Waals surface area contributed by atoms with E-state index in [1.807, 2.05) is 30.1 Å². The largest absolute Gasteiger partial charge is 0.356 e. The van der Waals surface area contributed by atoms with Crippen molar-refractivity contribution in [3.05, 3.63) is 77.4 Å². The third kappa shape index (κ3) is 7.30. The zero-order valence-corrected chi connectivity index (χ0v) is 22.4. The number of rotatable bonds is 7. The Labute approximate surface area is 220 Å². The lowest BCUT2D eigenvalue weighted by Crippen LogP contribution is -2.52. The highest BCUT2D eigenvalue weighted by Gasteiger charge is 2.22. The molecule has 0 saturated carbocycles. The van der Waals surface area contributed by atoms with E-state index in [4.69, 9.17) is 0 Å². The number of amides is 1. The maximum Gasteiger partial charge on any atom is 0.223 e. The van der Waals surface area contributed by atoms with Crippen LogP contribution in [-0.2, 0) is 17.9 Å². The average Bonchev–Trinajstić information content (AvgIpc) is 3.30. The standard InChI is InChI=1S/C27H35N5O.HI/c1-28-27(29-15-7-14-26(33)32-21-24-12-5-6-13-25(24)22-32)31-19-17-30(18-20-31)16-8-11-23-9-3-2-4-10-23;/h2-6,8-13H,7,14-22H2,1H3,(H,28,29);1H/b11-8+;. The smallest absolute Gasteiger partial charge is 0.223 e. The molecular weight excluding hydrogens is 537 g/mol. The highest BCUT2D eigenvalue weighted by Crippen LogP contribution is 2.22. The molecule has 0 aromatic heterocycles. The maximum atomic E-state index is 12.6. The van der Waals surface area contributed by atoms with Crippen molar-refractivity contribution in [1.29, 1.82) is 0 Å². The third-order valence-corrected chi connectivity index (χ3v) is 6.40. The van der Waals surface area contributed by atoms with Crippen molar-refractivity contribution in [3.63, 3.8) is 0 Å². The van der Waals surface area contributed by atoms with Crippen LogP contribution in [-0.4, -0.2) is 72.9 Å². The molecule has 2 heterocycles.